The minimum Gasteiger partial charge on any atom is -0.301 e. The maximum Gasteiger partial charge on any atom is 0.260 e. The Morgan fingerprint density at radius 3 is 2.69 bits per heavy atom. The minimum absolute atomic E-state index is 0.00886. The zero-order chi connectivity index (χ0) is 22.2. The van der Waals surface area contributed by atoms with Crippen molar-refractivity contribution in [2.24, 2.45) is 0 Å². The van der Waals surface area contributed by atoms with Crippen LogP contribution < -0.4 is 10.9 Å². The van der Waals surface area contributed by atoms with Crippen LogP contribution >= 0.6 is 34.4 Å². The van der Waals surface area contributed by atoms with Gasteiger partial charge < -0.3 is 10.3 Å². The van der Waals surface area contributed by atoms with Crippen LogP contribution in [0.5, 0.6) is 0 Å². The first-order valence-corrected chi connectivity index (χ1v) is 11.9. The SMILES string of the molecule is O=C(CSc1nc2scc(-c3ccc(F)cc3)c2c(=O)[nH]1)Nc1nc2ccc(F)cc2s1. The second-order valence-corrected chi connectivity index (χ2v) is 9.53. The Kier molecular flexibility index (Phi) is 5.45. The molecule has 0 saturated heterocycles. The van der Waals surface area contributed by atoms with Crippen LogP contribution in [-0.2, 0) is 4.79 Å². The van der Waals surface area contributed by atoms with E-state index in [-0.39, 0.29) is 28.9 Å². The number of amides is 1. The molecule has 0 aliphatic heterocycles. The van der Waals surface area contributed by atoms with E-state index in [0.29, 0.717) is 36.3 Å². The predicted molar refractivity (Wildman–Crippen MR) is 125 cm³/mol. The molecule has 0 unspecified atom stereocenters. The highest BCUT2D eigenvalue weighted by molar-refractivity contribution is 7.99. The molecule has 32 heavy (non-hydrogen) atoms. The molecule has 0 aliphatic carbocycles. The Hall–Kier alpha value is -3.15. The van der Waals surface area contributed by atoms with Crippen LogP contribution in [0.4, 0.5) is 13.9 Å². The van der Waals surface area contributed by atoms with Crippen molar-refractivity contribution in [3.8, 4) is 11.1 Å². The number of nitrogens with zero attached hydrogens (tertiary/aromatic N) is 2. The number of carbonyl (C=O) groups is 1. The molecule has 0 saturated carbocycles. The average Bonchev–Trinajstić information content (AvgIpc) is 3.36. The van der Waals surface area contributed by atoms with Gasteiger partial charge >= 0.3 is 0 Å². The van der Waals surface area contributed by atoms with Gasteiger partial charge in [0, 0.05) is 10.9 Å². The van der Waals surface area contributed by atoms with E-state index in [1.54, 1.807) is 23.6 Å². The van der Waals surface area contributed by atoms with E-state index < -0.39 is 0 Å². The summed E-state index contributed by atoms with van der Waals surface area (Å²) >= 11 is 3.57. The van der Waals surface area contributed by atoms with Gasteiger partial charge in [-0.2, -0.15) is 0 Å². The number of H-pyrrole nitrogens is 1. The van der Waals surface area contributed by atoms with Crippen molar-refractivity contribution in [2.75, 3.05) is 11.1 Å². The van der Waals surface area contributed by atoms with Crippen LogP contribution in [0, 0.1) is 11.6 Å². The molecular formula is C21H12F2N4O2S3. The zero-order valence-corrected chi connectivity index (χ0v) is 18.5. The quantitative estimate of drug-likeness (QED) is 0.261. The number of rotatable bonds is 5. The molecule has 0 bridgehead atoms. The van der Waals surface area contributed by atoms with E-state index >= 15 is 0 Å². The van der Waals surface area contributed by atoms with Crippen LogP contribution in [0.2, 0.25) is 0 Å². The summed E-state index contributed by atoms with van der Waals surface area (Å²) in [6.45, 7) is 0. The number of aromatic amines is 1. The molecule has 2 N–H and O–H groups in total. The van der Waals surface area contributed by atoms with Gasteiger partial charge in [0.25, 0.3) is 5.56 Å². The summed E-state index contributed by atoms with van der Waals surface area (Å²) in [7, 11) is 0. The van der Waals surface area contributed by atoms with Gasteiger partial charge in [-0.1, -0.05) is 35.2 Å². The van der Waals surface area contributed by atoms with Gasteiger partial charge in [-0.15, -0.1) is 11.3 Å². The summed E-state index contributed by atoms with van der Waals surface area (Å²) in [5.41, 5.74) is 1.68. The number of fused-ring (bicyclic) bond motifs is 2. The lowest BCUT2D eigenvalue weighted by Crippen LogP contribution is -2.15. The zero-order valence-electron chi connectivity index (χ0n) is 16.0. The third-order valence-electron chi connectivity index (χ3n) is 4.51. The second-order valence-electron chi connectivity index (χ2n) is 6.68. The number of aromatic nitrogens is 3. The maximum atomic E-state index is 13.3. The lowest BCUT2D eigenvalue weighted by atomic mass is 10.1. The highest BCUT2D eigenvalue weighted by atomic mass is 32.2. The van der Waals surface area contributed by atoms with Crippen molar-refractivity contribution >= 4 is 65.9 Å². The molecule has 0 aliphatic rings. The highest BCUT2D eigenvalue weighted by Gasteiger charge is 2.15. The fourth-order valence-electron chi connectivity index (χ4n) is 3.08. The number of hydrogen-bond acceptors (Lipinski definition) is 7. The molecule has 5 aromatic rings. The number of nitrogens with one attached hydrogen (secondary N) is 2. The number of carbonyl (C=O) groups excluding carboxylic acids is 1. The Morgan fingerprint density at radius 1 is 1.09 bits per heavy atom. The summed E-state index contributed by atoms with van der Waals surface area (Å²) in [6.07, 6.45) is 0. The molecule has 5 rings (SSSR count). The molecule has 6 nitrogen and oxygen atoms in total. The molecular weight excluding hydrogens is 474 g/mol. The van der Waals surface area contributed by atoms with Crippen molar-refractivity contribution in [3.05, 3.63) is 69.8 Å². The van der Waals surface area contributed by atoms with E-state index in [4.69, 9.17) is 0 Å². The lowest BCUT2D eigenvalue weighted by Gasteiger charge is -2.03. The van der Waals surface area contributed by atoms with Crippen molar-refractivity contribution in [1.29, 1.82) is 0 Å². The Labute approximate surface area is 191 Å². The van der Waals surface area contributed by atoms with Gasteiger partial charge in [-0.05, 0) is 35.9 Å². The molecule has 0 radical (unpaired) electrons. The molecule has 3 aromatic heterocycles. The van der Waals surface area contributed by atoms with Crippen molar-refractivity contribution in [2.45, 2.75) is 5.16 Å². The molecule has 0 fully saturated rings. The van der Waals surface area contributed by atoms with Gasteiger partial charge in [0.05, 0.1) is 21.4 Å². The number of benzene rings is 2. The topological polar surface area (TPSA) is 87.7 Å². The van der Waals surface area contributed by atoms with E-state index in [1.807, 2.05) is 0 Å². The molecule has 0 atom stereocenters. The fraction of sp³-hybridized carbons (Fsp3) is 0.0476. The maximum absolute atomic E-state index is 13.3. The third kappa shape index (κ3) is 4.14. The number of halogens is 2. The van der Waals surface area contributed by atoms with Gasteiger partial charge in [-0.25, -0.2) is 18.7 Å². The third-order valence-corrected chi connectivity index (χ3v) is 7.19. The Morgan fingerprint density at radius 2 is 1.88 bits per heavy atom. The van der Waals surface area contributed by atoms with E-state index in [0.717, 1.165) is 17.3 Å². The number of hydrogen-bond donors (Lipinski definition) is 2. The number of thioether (sulfide) groups is 1. The molecule has 0 spiro atoms. The average molecular weight is 487 g/mol. The summed E-state index contributed by atoms with van der Waals surface area (Å²) in [5.74, 6) is -1.03. The van der Waals surface area contributed by atoms with Crippen LogP contribution in [0.3, 0.4) is 0 Å². The molecule has 3 heterocycles. The van der Waals surface area contributed by atoms with Gasteiger partial charge in [0.2, 0.25) is 5.91 Å². The molecule has 11 heteroatoms. The monoisotopic (exact) mass is 486 g/mol. The van der Waals surface area contributed by atoms with Gasteiger partial charge in [-0.3, -0.25) is 9.59 Å². The number of thiophene rings is 1. The van der Waals surface area contributed by atoms with Gasteiger partial charge in [0.1, 0.15) is 16.5 Å². The second kappa shape index (κ2) is 8.41. The predicted octanol–water partition coefficient (Wildman–Crippen LogP) is 5.27. The highest BCUT2D eigenvalue weighted by Crippen LogP contribution is 2.32. The number of thiazole rings is 1. The first kappa shape index (κ1) is 20.7. The smallest absolute Gasteiger partial charge is 0.260 e. The van der Waals surface area contributed by atoms with E-state index in [2.05, 4.69) is 20.3 Å². The van der Waals surface area contributed by atoms with Crippen molar-refractivity contribution in [3.63, 3.8) is 0 Å². The minimum atomic E-state index is -0.365. The summed E-state index contributed by atoms with van der Waals surface area (Å²) in [5, 5.41) is 5.60. The first-order chi connectivity index (χ1) is 15.5. The lowest BCUT2D eigenvalue weighted by molar-refractivity contribution is -0.113. The summed E-state index contributed by atoms with van der Waals surface area (Å²) in [4.78, 5) is 36.9. The normalized spacial score (nSPS) is 11.3. The molecule has 2 aromatic carbocycles. The van der Waals surface area contributed by atoms with Crippen molar-refractivity contribution in [1.82, 2.24) is 15.0 Å². The van der Waals surface area contributed by atoms with E-state index in [1.165, 1.54) is 46.9 Å². The Bertz CT molecular complexity index is 1530. The standard InChI is InChI=1S/C21H12F2N4O2S3/c22-11-3-1-10(2-4-11)13-8-30-19-17(13)18(29)26-20(27-19)31-9-16(28)25-21-24-14-6-5-12(23)7-15(14)32-21/h1-8H,9H2,(H,24,25,28)(H,26,27,29). The fourth-order valence-corrected chi connectivity index (χ4v) is 5.65. The largest absolute Gasteiger partial charge is 0.301 e. The van der Waals surface area contributed by atoms with Crippen LogP contribution in [0.15, 0.2) is 57.8 Å². The Balaban J connectivity index is 1.31. The number of anilines is 1. The molecule has 160 valence electrons. The van der Waals surface area contributed by atoms with Gasteiger partial charge in [0.15, 0.2) is 10.3 Å². The van der Waals surface area contributed by atoms with E-state index in [9.17, 15) is 18.4 Å². The molecule has 1 amide bonds. The van der Waals surface area contributed by atoms with Crippen molar-refractivity contribution < 1.29 is 13.6 Å². The van der Waals surface area contributed by atoms with Crippen LogP contribution in [-0.4, -0.2) is 26.6 Å². The van der Waals surface area contributed by atoms with Crippen LogP contribution in [0.25, 0.3) is 31.6 Å². The first-order valence-electron chi connectivity index (χ1n) is 9.22. The summed E-state index contributed by atoms with van der Waals surface area (Å²) < 4.78 is 27.2. The van der Waals surface area contributed by atoms with Crippen LogP contribution in [0.1, 0.15) is 0 Å². The summed E-state index contributed by atoms with van der Waals surface area (Å²) in [6, 6.07) is 10.1.